The summed E-state index contributed by atoms with van der Waals surface area (Å²) < 4.78 is 0. The molecule has 0 aromatic heterocycles. The molecule has 19 heavy (non-hydrogen) atoms. The number of benzene rings is 1. The average Bonchev–Trinajstić information content (AvgIpc) is 2.43. The molecule has 0 radical (unpaired) electrons. The minimum atomic E-state index is -0.476. The lowest BCUT2D eigenvalue weighted by molar-refractivity contribution is 0.0412. The van der Waals surface area contributed by atoms with Gasteiger partial charge in [-0.2, -0.15) is 5.26 Å². The summed E-state index contributed by atoms with van der Waals surface area (Å²) in [7, 11) is 0. The van der Waals surface area contributed by atoms with E-state index >= 15 is 0 Å². The fraction of sp³-hybridized carbons (Fsp3) is 0.562. The summed E-state index contributed by atoms with van der Waals surface area (Å²) in [5, 5.41) is 19.1. The number of rotatable bonds is 3. The van der Waals surface area contributed by atoms with Crippen LogP contribution in [0.15, 0.2) is 24.3 Å². The van der Waals surface area contributed by atoms with Gasteiger partial charge in [-0.05, 0) is 44.4 Å². The fourth-order valence-corrected chi connectivity index (χ4v) is 2.92. The molecule has 1 N–H and O–H groups in total. The summed E-state index contributed by atoms with van der Waals surface area (Å²) in [5.41, 5.74) is 1.53. The second-order valence-electron chi connectivity index (χ2n) is 5.58. The van der Waals surface area contributed by atoms with Crippen LogP contribution in [0.4, 0.5) is 0 Å². The Morgan fingerprint density at radius 3 is 2.37 bits per heavy atom. The lowest BCUT2D eigenvalue weighted by Gasteiger charge is -2.40. The highest BCUT2D eigenvalue weighted by molar-refractivity contribution is 5.32. The van der Waals surface area contributed by atoms with Crippen molar-refractivity contribution in [2.24, 2.45) is 0 Å². The van der Waals surface area contributed by atoms with E-state index in [0.29, 0.717) is 24.2 Å². The second kappa shape index (κ2) is 6.18. The lowest BCUT2D eigenvalue weighted by Crippen LogP contribution is -2.45. The molecule has 0 amide bonds. The van der Waals surface area contributed by atoms with Crippen molar-refractivity contribution in [2.45, 2.75) is 51.3 Å². The number of β-amino-alcohol motifs (C(OH)–C–C–N with tert-alkyl or cyclic N) is 1. The monoisotopic (exact) mass is 258 g/mol. The van der Waals surface area contributed by atoms with Crippen molar-refractivity contribution in [1.82, 2.24) is 4.90 Å². The predicted molar refractivity (Wildman–Crippen MR) is 75.6 cm³/mol. The van der Waals surface area contributed by atoms with Crippen molar-refractivity contribution in [3.05, 3.63) is 35.4 Å². The Bertz CT molecular complexity index is 439. The minimum absolute atomic E-state index is 0.476. The Balaban J connectivity index is 2.03. The van der Waals surface area contributed by atoms with Crippen molar-refractivity contribution < 1.29 is 5.11 Å². The van der Waals surface area contributed by atoms with Gasteiger partial charge in [0.05, 0.1) is 17.7 Å². The van der Waals surface area contributed by atoms with Gasteiger partial charge in [0.15, 0.2) is 0 Å². The number of aliphatic hydroxyl groups excluding tert-OH is 1. The first-order valence-corrected chi connectivity index (χ1v) is 7.05. The van der Waals surface area contributed by atoms with Crippen LogP contribution in [0.2, 0.25) is 0 Å². The highest BCUT2D eigenvalue weighted by atomic mass is 16.3. The van der Waals surface area contributed by atoms with Gasteiger partial charge in [-0.15, -0.1) is 0 Å². The van der Waals surface area contributed by atoms with Crippen molar-refractivity contribution in [1.29, 1.82) is 5.26 Å². The third kappa shape index (κ3) is 3.34. The number of nitrogens with zero attached hydrogens (tertiary/aromatic N) is 2. The molecule has 102 valence electrons. The smallest absolute Gasteiger partial charge is 0.0991 e. The van der Waals surface area contributed by atoms with Gasteiger partial charge in [-0.3, -0.25) is 4.90 Å². The molecule has 0 aliphatic carbocycles. The van der Waals surface area contributed by atoms with Crippen LogP contribution in [0.5, 0.6) is 0 Å². The zero-order chi connectivity index (χ0) is 13.8. The summed E-state index contributed by atoms with van der Waals surface area (Å²) in [5.74, 6) is 0. The molecule has 3 heteroatoms. The molecule has 0 bridgehead atoms. The van der Waals surface area contributed by atoms with E-state index in [2.05, 4.69) is 24.8 Å². The molecule has 0 saturated carbocycles. The third-order valence-electron chi connectivity index (χ3n) is 4.18. The Kier molecular flexibility index (Phi) is 4.57. The largest absolute Gasteiger partial charge is 0.387 e. The van der Waals surface area contributed by atoms with Crippen LogP contribution in [0.3, 0.4) is 0 Å². The van der Waals surface area contributed by atoms with Gasteiger partial charge in [0, 0.05) is 18.6 Å². The van der Waals surface area contributed by atoms with Crippen LogP contribution in [-0.4, -0.2) is 28.6 Å². The fourth-order valence-electron chi connectivity index (χ4n) is 2.92. The molecule has 3 nitrogen and oxygen atoms in total. The number of hydrogen-bond acceptors (Lipinski definition) is 3. The van der Waals surface area contributed by atoms with E-state index in [-0.39, 0.29) is 0 Å². The van der Waals surface area contributed by atoms with Crippen molar-refractivity contribution in [3.8, 4) is 6.07 Å². The maximum absolute atomic E-state index is 10.3. The summed E-state index contributed by atoms with van der Waals surface area (Å²) in [6.45, 7) is 5.15. The molecule has 0 spiro atoms. The Morgan fingerprint density at radius 2 is 1.84 bits per heavy atom. The summed E-state index contributed by atoms with van der Waals surface area (Å²) >= 11 is 0. The van der Waals surface area contributed by atoms with Crippen LogP contribution < -0.4 is 0 Å². The maximum Gasteiger partial charge on any atom is 0.0991 e. The number of aliphatic hydroxyl groups is 1. The van der Waals surface area contributed by atoms with Crippen LogP contribution >= 0.6 is 0 Å². The average molecular weight is 258 g/mol. The Morgan fingerprint density at radius 1 is 1.26 bits per heavy atom. The Hall–Kier alpha value is -1.37. The molecule has 1 fully saturated rings. The van der Waals surface area contributed by atoms with Crippen LogP contribution in [0, 0.1) is 11.3 Å². The highest BCUT2D eigenvalue weighted by Crippen LogP contribution is 2.25. The molecule has 1 aromatic carbocycles. The normalized spacial score (nSPS) is 25.8. The standard InChI is InChI=1S/C16H22N2O/c1-12-4-3-5-13(2)18(12)11-16(19)15-8-6-14(10-17)7-9-15/h6-9,12-13,16,19H,3-5,11H2,1-2H3. The van der Waals surface area contributed by atoms with Gasteiger partial charge < -0.3 is 5.11 Å². The number of hydrogen-bond donors (Lipinski definition) is 1. The van der Waals surface area contributed by atoms with Crippen molar-refractivity contribution in [2.75, 3.05) is 6.54 Å². The van der Waals surface area contributed by atoms with Crippen molar-refractivity contribution >= 4 is 0 Å². The first-order chi connectivity index (χ1) is 9.11. The minimum Gasteiger partial charge on any atom is -0.387 e. The molecule has 1 aliphatic heterocycles. The third-order valence-corrected chi connectivity index (χ3v) is 4.18. The number of likely N-dealkylation sites (tertiary alicyclic amines) is 1. The first-order valence-electron chi connectivity index (χ1n) is 7.05. The van der Waals surface area contributed by atoms with E-state index in [4.69, 9.17) is 5.26 Å². The van der Waals surface area contributed by atoms with Gasteiger partial charge in [0.25, 0.3) is 0 Å². The molecule has 3 atom stereocenters. The van der Waals surface area contributed by atoms with E-state index in [0.717, 1.165) is 5.56 Å². The molecule has 2 rings (SSSR count). The number of piperidine rings is 1. The molecule has 1 aliphatic rings. The molecular formula is C16H22N2O. The van der Waals surface area contributed by atoms with E-state index in [1.807, 2.05) is 12.1 Å². The molecule has 1 heterocycles. The summed E-state index contributed by atoms with van der Waals surface area (Å²) in [6, 6.07) is 10.4. The topological polar surface area (TPSA) is 47.3 Å². The molecule has 1 saturated heterocycles. The molecular weight excluding hydrogens is 236 g/mol. The van der Waals surface area contributed by atoms with E-state index in [1.165, 1.54) is 19.3 Å². The van der Waals surface area contributed by atoms with Gasteiger partial charge >= 0.3 is 0 Å². The molecule has 1 aromatic rings. The predicted octanol–water partition coefficient (Wildman–Crippen LogP) is 2.85. The van der Waals surface area contributed by atoms with E-state index in [9.17, 15) is 5.11 Å². The Labute approximate surface area is 115 Å². The lowest BCUT2D eigenvalue weighted by atomic mass is 9.96. The van der Waals surface area contributed by atoms with Gasteiger partial charge in [0.2, 0.25) is 0 Å². The quantitative estimate of drug-likeness (QED) is 0.907. The summed E-state index contributed by atoms with van der Waals surface area (Å²) in [4.78, 5) is 2.40. The SMILES string of the molecule is CC1CCCC(C)N1CC(O)c1ccc(C#N)cc1. The zero-order valence-electron chi connectivity index (χ0n) is 11.7. The van der Waals surface area contributed by atoms with Crippen LogP contribution in [0.1, 0.15) is 50.3 Å². The van der Waals surface area contributed by atoms with Crippen LogP contribution in [0.25, 0.3) is 0 Å². The second-order valence-corrected chi connectivity index (χ2v) is 5.58. The van der Waals surface area contributed by atoms with Gasteiger partial charge in [-0.1, -0.05) is 18.6 Å². The number of nitriles is 1. The van der Waals surface area contributed by atoms with Gasteiger partial charge in [0.1, 0.15) is 0 Å². The highest BCUT2D eigenvalue weighted by Gasteiger charge is 2.26. The maximum atomic E-state index is 10.3. The van der Waals surface area contributed by atoms with Crippen LogP contribution in [-0.2, 0) is 0 Å². The van der Waals surface area contributed by atoms with E-state index < -0.39 is 6.10 Å². The van der Waals surface area contributed by atoms with Crippen molar-refractivity contribution in [3.63, 3.8) is 0 Å². The van der Waals surface area contributed by atoms with Gasteiger partial charge in [-0.25, -0.2) is 0 Å². The molecule has 3 unspecified atom stereocenters. The first kappa shape index (κ1) is 14.0. The zero-order valence-corrected chi connectivity index (χ0v) is 11.7. The summed E-state index contributed by atoms with van der Waals surface area (Å²) in [6.07, 6.45) is 3.23. The van der Waals surface area contributed by atoms with E-state index in [1.54, 1.807) is 12.1 Å².